The molecule has 0 amide bonds. The lowest BCUT2D eigenvalue weighted by molar-refractivity contribution is 0.315. The molecule has 0 aliphatic rings. The molecule has 1 rings (SSSR count). The van der Waals surface area contributed by atoms with Crippen molar-refractivity contribution in [2.24, 2.45) is 10.9 Å². The number of oxime groups is 1. The lowest BCUT2D eigenvalue weighted by atomic mass is 10.1. The van der Waals surface area contributed by atoms with Gasteiger partial charge in [0.25, 0.3) is 0 Å². The molecular formula is C13H21N3O. The fraction of sp³-hybridized carbons (Fsp3) is 0.462. The Kier molecular flexibility index (Phi) is 5.49. The molecule has 4 heteroatoms. The SMILES string of the molecule is CCC(CC(N)=NO)NCc1ccc(C)cc1. The van der Waals surface area contributed by atoms with Crippen molar-refractivity contribution < 1.29 is 5.21 Å². The van der Waals surface area contributed by atoms with Gasteiger partial charge in [0, 0.05) is 19.0 Å². The number of hydrogen-bond acceptors (Lipinski definition) is 3. The van der Waals surface area contributed by atoms with Crippen LogP contribution in [0.25, 0.3) is 0 Å². The van der Waals surface area contributed by atoms with Gasteiger partial charge < -0.3 is 16.3 Å². The number of rotatable bonds is 6. The van der Waals surface area contributed by atoms with E-state index < -0.39 is 0 Å². The third kappa shape index (κ3) is 4.87. The maximum atomic E-state index is 8.53. The van der Waals surface area contributed by atoms with E-state index in [1.807, 2.05) is 0 Å². The van der Waals surface area contributed by atoms with Gasteiger partial charge in [-0.1, -0.05) is 41.9 Å². The van der Waals surface area contributed by atoms with Gasteiger partial charge in [-0.25, -0.2) is 0 Å². The van der Waals surface area contributed by atoms with Crippen molar-refractivity contribution in [1.29, 1.82) is 0 Å². The third-order valence-corrected chi connectivity index (χ3v) is 2.79. The maximum absolute atomic E-state index is 8.53. The van der Waals surface area contributed by atoms with Crippen LogP contribution in [0.3, 0.4) is 0 Å². The first kappa shape index (κ1) is 13.5. The van der Waals surface area contributed by atoms with E-state index in [2.05, 4.69) is 48.6 Å². The Morgan fingerprint density at radius 2 is 2.06 bits per heavy atom. The fourth-order valence-electron chi connectivity index (χ4n) is 1.62. The van der Waals surface area contributed by atoms with Crippen LogP contribution in [0, 0.1) is 6.92 Å². The van der Waals surface area contributed by atoms with Crippen molar-refractivity contribution in [2.45, 2.75) is 39.3 Å². The van der Waals surface area contributed by atoms with Crippen molar-refractivity contribution in [1.82, 2.24) is 5.32 Å². The molecule has 1 aromatic rings. The molecule has 1 aromatic carbocycles. The van der Waals surface area contributed by atoms with Crippen molar-refractivity contribution >= 4 is 5.84 Å². The molecule has 4 N–H and O–H groups in total. The van der Waals surface area contributed by atoms with Crippen molar-refractivity contribution in [3.8, 4) is 0 Å². The zero-order chi connectivity index (χ0) is 12.7. The summed E-state index contributed by atoms with van der Waals surface area (Å²) in [6.45, 7) is 4.96. The van der Waals surface area contributed by atoms with E-state index in [4.69, 9.17) is 10.9 Å². The average Bonchev–Trinajstić information content (AvgIpc) is 2.36. The Bertz CT molecular complexity index is 359. The number of nitrogens with two attached hydrogens (primary N) is 1. The minimum atomic E-state index is 0.243. The molecule has 1 unspecified atom stereocenters. The van der Waals surface area contributed by atoms with Crippen LogP contribution < -0.4 is 11.1 Å². The third-order valence-electron chi connectivity index (χ3n) is 2.79. The molecule has 0 bridgehead atoms. The fourth-order valence-corrected chi connectivity index (χ4v) is 1.62. The molecule has 94 valence electrons. The summed E-state index contributed by atoms with van der Waals surface area (Å²) in [6, 6.07) is 8.66. The first-order chi connectivity index (χ1) is 8.15. The molecule has 0 aromatic heterocycles. The number of hydrogen-bond donors (Lipinski definition) is 3. The predicted octanol–water partition coefficient (Wildman–Crippen LogP) is 2.00. The molecular weight excluding hydrogens is 214 g/mol. The van der Waals surface area contributed by atoms with Gasteiger partial charge in [-0.3, -0.25) is 0 Å². The maximum Gasteiger partial charge on any atom is 0.140 e. The van der Waals surface area contributed by atoms with Crippen LogP contribution in [0.4, 0.5) is 0 Å². The first-order valence-corrected chi connectivity index (χ1v) is 5.91. The van der Waals surface area contributed by atoms with Gasteiger partial charge in [-0.15, -0.1) is 0 Å². The van der Waals surface area contributed by atoms with Crippen LogP contribution in [0.2, 0.25) is 0 Å². The second-order valence-corrected chi connectivity index (χ2v) is 4.27. The monoisotopic (exact) mass is 235 g/mol. The van der Waals surface area contributed by atoms with Crippen molar-refractivity contribution in [3.63, 3.8) is 0 Å². The minimum Gasteiger partial charge on any atom is -0.409 e. The highest BCUT2D eigenvalue weighted by Gasteiger charge is 2.08. The number of benzene rings is 1. The molecule has 0 saturated carbocycles. The number of nitrogens with zero attached hydrogens (tertiary/aromatic N) is 1. The van der Waals surface area contributed by atoms with Crippen molar-refractivity contribution in [3.05, 3.63) is 35.4 Å². The quantitative estimate of drug-likeness (QED) is 0.306. The van der Waals surface area contributed by atoms with Gasteiger partial charge in [0.1, 0.15) is 5.84 Å². The number of amidine groups is 1. The van der Waals surface area contributed by atoms with Gasteiger partial charge in [0.2, 0.25) is 0 Å². The summed E-state index contributed by atoms with van der Waals surface area (Å²) in [5.41, 5.74) is 8.00. The Labute approximate surface area is 103 Å². The average molecular weight is 235 g/mol. The van der Waals surface area contributed by atoms with E-state index in [9.17, 15) is 0 Å². The Hall–Kier alpha value is -1.55. The Morgan fingerprint density at radius 3 is 2.59 bits per heavy atom. The van der Waals surface area contributed by atoms with E-state index in [1.165, 1.54) is 11.1 Å². The van der Waals surface area contributed by atoms with E-state index >= 15 is 0 Å². The van der Waals surface area contributed by atoms with E-state index in [1.54, 1.807) is 0 Å². The topological polar surface area (TPSA) is 70.6 Å². The number of nitrogens with one attached hydrogen (secondary N) is 1. The zero-order valence-electron chi connectivity index (χ0n) is 10.5. The molecule has 0 fully saturated rings. The molecule has 0 radical (unpaired) electrons. The van der Waals surface area contributed by atoms with Crippen LogP contribution in [-0.2, 0) is 6.54 Å². The largest absolute Gasteiger partial charge is 0.409 e. The predicted molar refractivity (Wildman–Crippen MR) is 70.1 cm³/mol. The van der Waals surface area contributed by atoms with Crippen LogP contribution in [0.5, 0.6) is 0 Å². The summed E-state index contributed by atoms with van der Waals surface area (Å²) >= 11 is 0. The minimum absolute atomic E-state index is 0.243. The highest BCUT2D eigenvalue weighted by Crippen LogP contribution is 2.05. The van der Waals surface area contributed by atoms with Crippen molar-refractivity contribution in [2.75, 3.05) is 0 Å². The molecule has 4 nitrogen and oxygen atoms in total. The summed E-state index contributed by atoms with van der Waals surface area (Å²) in [7, 11) is 0. The molecule has 0 spiro atoms. The first-order valence-electron chi connectivity index (χ1n) is 5.91. The van der Waals surface area contributed by atoms with Crippen LogP contribution in [0.15, 0.2) is 29.4 Å². The standard InChI is InChI=1S/C13H21N3O/c1-3-12(8-13(14)16-17)15-9-11-6-4-10(2)5-7-11/h4-7,12,15,17H,3,8-9H2,1-2H3,(H2,14,16). The second-order valence-electron chi connectivity index (χ2n) is 4.27. The Balaban J connectivity index is 2.44. The van der Waals surface area contributed by atoms with Gasteiger partial charge in [0.15, 0.2) is 0 Å². The summed E-state index contributed by atoms with van der Waals surface area (Å²) in [5.74, 6) is 0.272. The van der Waals surface area contributed by atoms with Crippen LogP contribution >= 0.6 is 0 Å². The normalized spacial score (nSPS) is 13.6. The van der Waals surface area contributed by atoms with Gasteiger partial charge in [-0.2, -0.15) is 0 Å². The van der Waals surface area contributed by atoms with Gasteiger partial charge >= 0.3 is 0 Å². The molecule has 17 heavy (non-hydrogen) atoms. The zero-order valence-corrected chi connectivity index (χ0v) is 10.5. The highest BCUT2D eigenvalue weighted by atomic mass is 16.4. The second kappa shape index (κ2) is 6.91. The number of aryl methyl sites for hydroxylation is 1. The van der Waals surface area contributed by atoms with Gasteiger partial charge in [-0.05, 0) is 18.9 Å². The van der Waals surface area contributed by atoms with E-state index in [0.29, 0.717) is 6.42 Å². The molecule has 0 aliphatic carbocycles. The Morgan fingerprint density at radius 1 is 1.41 bits per heavy atom. The summed E-state index contributed by atoms with van der Waals surface area (Å²) in [6.07, 6.45) is 1.51. The summed E-state index contributed by atoms with van der Waals surface area (Å²) in [5, 5.41) is 14.9. The molecule has 0 aliphatic heterocycles. The van der Waals surface area contributed by atoms with E-state index in [-0.39, 0.29) is 11.9 Å². The smallest absolute Gasteiger partial charge is 0.140 e. The molecule has 0 saturated heterocycles. The summed E-state index contributed by atoms with van der Waals surface area (Å²) in [4.78, 5) is 0. The van der Waals surface area contributed by atoms with Crippen LogP contribution in [0.1, 0.15) is 30.9 Å². The molecule has 0 heterocycles. The lowest BCUT2D eigenvalue weighted by Crippen LogP contribution is -2.32. The molecule has 1 atom stereocenters. The lowest BCUT2D eigenvalue weighted by Gasteiger charge is -2.16. The van der Waals surface area contributed by atoms with Crippen LogP contribution in [-0.4, -0.2) is 17.1 Å². The highest BCUT2D eigenvalue weighted by molar-refractivity contribution is 5.80. The van der Waals surface area contributed by atoms with E-state index in [0.717, 1.165) is 13.0 Å². The van der Waals surface area contributed by atoms with Gasteiger partial charge in [0.05, 0.1) is 0 Å². The summed E-state index contributed by atoms with van der Waals surface area (Å²) < 4.78 is 0.